The maximum atomic E-state index is 4.46. The molecule has 0 unspecified atom stereocenters. The van der Waals surface area contributed by atoms with Crippen LogP contribution in [0.3, 0.4) is 0 Å². The molecule has 0 aliphatic heterocycles. The van der Waals surface area contributed by atoms with Gasteiger partial charge in [-0.1, -0.05) is 54.1 Å². The highest BCUT2D eigenvalue weighted by molar-refractivity contribution is 5.39. The Balaban J connectivity index is 1.60. The van der Waals surface area contributed by atoms with Crippen molar-refractivity contribution in [3.63, 3.8) is 0 Å². The normalized spacial score (nSPS) is 10.4. The Morgan fingerprint density at radius 1 is 0.917 bits per heavy atom. The van der Waals surface area contributed by atoms with Gasteiger partial charge in [0.25, 0.3) is 0 Å². The van der Waals surface area contributed by atoms with Crippen molar-refractivity contribution in [2.45, 2.75) is 26.9 Å². The van der Waals surface area contributed by atoms with E-state index in [-0.39, 0.29) is 0 Å². The van der Waals surface area contributed by atoms with Crippen molar-refractivity contribution in [3.8, 4) is 0 Å². The first-order chi connectivity index (χ1) is 11.7. The predicted octanol–water partition coefficient (Wildman–Crippen LogP) is 3.71. The van der Waals surface area contributed by atoms with Gasteiger partial charge in [-0.15, -0.1) is 5.10 Å². The predicted molar refractivity (Wildman–Crippen MR) is 96.8 cm³/mol. The molecular formula is C19H21N5. The first kappa shape index (κ1) is 15.9. The van der Waals surface area contributed by atoms with E-state index in [1.165, 1.54) is 22.3 Å². The summed E-state index contributed by atoms with van der Waals surface area (Å²) in [6, 6.07) is 16.6. The van der Waals surface area contributed by atoms with Gasteiger partial charge >= 0.3 is 0 Å². The number of nitrogens with one attached hydrogen (secondary N) is 2. The Kier molecular flexibility index (Phi) is 5.01. The summed E-state index contributed by atoms with van der Waals surface area (Å²) in [6.45, 7) is 5.56. The SMILES string of the molecule is Cc1cccc(CNc2nncc(NCc3ccccc3C)n2)c1. The minimum absolute atomic E-state index is 0.520. The average Bonchev–Trinajstić information content (AvgIpc) is 2.60. The Morgan fingerprint density at radius 3 is 2.62 bits per heavy atom. The molecule has 1 aromatic heterocycles. The molecule has 0 saturated carbocycles. The van der Waals surface area contributed by atoms with Gasteiger partial charge in [0, 0.05) is 13.1 Å². The van der Waals surface area contributed by atoms with E-state index in [1.807, 2.05) is 18.2 Å². The molecule has 3 rings (SSSR count). The number of hydrogen-bond donors (Lipinski definition) is 2. The van der Waals surface area contributed by atoms with Crippen LogP contribution < -0.4 is 10.6 Å². The summed E-state index contributed by atoms with van der Waals surface area (Å²) in [5.74, 6) is 1.23. The molecule has 5 heteroatoms. The molecule has 0 fully saturated rings. The Morgan fingerprint density at radius 2 is 1.79 bits per heavy atom. The molecule has 2 N–H and O–H groups in total. The minimum atomic E-state index is 0.520. The zero-order chi connectivity index (χ0) is 16.8. The third kappa shape index (κ3) is 4.29. The lowest BCUT2D eigenvalue weighted by Crippen LogP contribution is -2.08. The Labute approximate surface area is 142 Å². The largest absolute Gasteiger partial charge is 0.365 e. The molecular weight excluding hydrogens is 298 g/mol. The van der Waals surface area contributed by atoms with Crippen LogP contribution in [0.25, 0.3) is 0 Å². The summed E-state index contributed by atoms with van der Waals surface area (Å²) in [5.41, 5.74) is 4.93. The molecule has 2 aromatic carbocycles. The lowest BCUT2D eigenvalue weighted by Gasteiger charge is -2.09. The summed E-state index contributed by atoms with van der Waals surface area (Å²) in [5, 5.41) is 14.6. The second-order valence-corrected chi connectivity index (χ2v) is 5.79. The number of aromatic nitrogens is 3. The zero-order valence-corrected chi connectivity index (χ0v) is 14.0. The molecule has 0 spiro atoms. The first-order valence-corrected chi connectivity index (χ1v) is 7.98. The van der Waals surface area contributed by atoms with Gasteiger partial charge in [0.1, 0.15) is 0 Å². The molecule has 0 saturated heterocycles. The number of nitrogens with zero attached hydrogens (tertiary/aromatic N) is 3. The van der Waals surface area contributed by atoms with Gasteiger partial charge < -0.3 is 10.6 Å². The highest BCUT2D eigenvalue weighted by atomic mass is 15.3. The van der Waals surface area contributed by atoms with Gasteiger partial charge in [0.2, 0.25) is 5.95 Å². The van der Waals surface area contributed by atoms with E-state index in [1.54, 1.807) is 6.20 Å². The van der Waals surface area contributed by atoms with Crippen LogP contribution in [0.5, 0.6) is 0 Å². The fraction of sp³-hybridized carbons (Fsp3) is 0.211. The maximum Gasteiger partial charge on any atom is 0.244 e. The summed E-state index contributed by atoms with van der Waals surface area (Å²) in [6.07, 6.45) is 1.64. The van der Waals surface area contributed by atoms with Crippen LogP contribution >= 0.6 is 0 Å². The van der Waals surface area contributed by atoms with Crippen molar-refractivity contribution in [1.29, 1.82) is 0 Å². The van der Waals surface area contributed by atoms with Gasteiger partial charge in [0.15, 0.2) is 5.82 Å². The van der Waals surface area contributed by atoms with Gasteiger partial charge in [-0.2, -0.15) is 10.1 Å². The van der Waals surface area contributed by atoms with Crippen molar-refractivity contribution in [2.75, 3.05) is 10.6 Å². The molecule has 3 aromatic rings. The molecule has 0 amide bonds. The summed E-state index contributed by atoms with van der Waals surface area (Å²) < 4.78 is 0. The number of benzene rings is 2. The van der Waals surface area contributed by atoms with Gasteiger partial charge in [0.05, 0.1) is 6.20 Å². The molecule has 0 aliphatic carbocycles. The molecule has 0 radical (unpaired) electrons. The van der Waals surface area contributed by atoms with E-state index in [2.05, 4.69) is 70.0 Å². The van der Waals surface area contributed by atoms with Crippen molar-refractivity contribution >= 4 is 11.8 Å². The standard InChI is InChI=1S/C19H21N5/c1-14-6-5-8-16(10-14)11-21-19-23-18(13-22-24-19)20-12-17-9-4-3-7-15(17)2/h3-10,13H,11-12H2,1-2H3,(H2,20,21,23,24). The van der Waals surface area contributed by atoms with Crippen LogP contribution in [0.15, 0.2) is 54.7 Å². The monoisotopic (exact) mass is 319 g/mol. The lowest BCUT2D eigenvalue weighted by molar-refractivity contribution is 0.936. The van der Waals surface area contributed by atoms with Crippen LogP contribution in [0.4, 0.5) is 11.8 Å². The fourth-order valence-electron chi connectivity index (χ4n) is 2.46. The summed E-state index contributed by atoms with van der Waals surface area (Å²) in [7, 11) is 0. The highest BCUT2D eigenvalue weighted by Crippen LogP contribution is 2.11. The second kappa shape index (κ2) is 7.55. The molecule has 122 valence electrons. The number of aryl methyl sites for hydroxylation is 2. The van der Waals surface area contributed by atoms with E-state index >= 15 is 0 Å². The Hall–Kier alpha value is -2.95. The number of hydrogen-bond acceptors (Lipinski definition) is 5. The third-order valence-electron chi connectivity index (χ3n) is 3.81. The van der Waals surface area contributed by atoms with Crippen molar-refractivity contribution in [2.24, 2.45) is 0 Å². The summed E-state index contributed by atoms with van der Waals surface area (Å²) >= 11 is 0. The summed E-state index contributed by atoms with van der Waals surface area (Å²) in [4.78, 5) is 4.46. The van der Waals surface area contributed by atoms with Gasteiger partial charge in [-0.3, -0.25) is 0 Å². The maximum absolute atomic E-state index is 4.46. The molecule has 0 aliphatic rings. The van der Waals surface area contributed by atoms with Crippen LogP contribution in [0, 0.1) is 13.8 Å². The van der Waals surface area contributed by atoms with Crippen LogP contribution in [-0.4, -0.2) is 15.2 Å². The van der Waals surface area contributed by atoms with E-state index in [9.17, 15) is 0 Å². The Bertz CT molecular complexity index is 816. The van der Waals surface area contributed by atoms with Crippen LogP contribution in [0.2, 0.25) is 0 Å². The smallest absolute Gasteiger partial charge is 0.244 e. The number of rotatable bonds is 6. The molecule has 0 bridgehead atoms. The van der Waals surface area contributed by atoms with E-state index < -0.39 is 0 Å². The van der Waals surface area contributed by atoms with Crippen molar-refractivity contribution < 1.29 is 0 Å². The zero-order valence-electron chi connectivity index (χ0n) is 14.0. The lowest BCUT2D eigenvalue weighted by atomic mass is 10.1. The van der Waals surface area contributed by atoms with E-state index in [0.717, 1.165) is 0 Å². The molecule has 24 heavy (non-hydrogen) atoms. The number of anilines is 2. The first-order valence-electron chi connectivity index (χ1n) is 7.98. The van der Waals surface area contributed by atoms with E-state index in [4.69, 9.17) is 0 Å². The quantitative estimate of drug-likeness (QED) is 0.725. The van der Waals surface area contributed by atoms with Gasteiger partial charge in [-0.05, 0) is 30.5 Å². The van der Waals surface area contributed by atoms with Gasteiger partial charge in [-0.25, -0.2) is 0 Å². The van der Waals surface area contributed by atoms with Crippen molar-refractivity contribution in [1.82, 2.24) is 15.2 Å². The second-order valence-electron chi connectivity index (χ2n) is 5.79. The van der Waals surface area contributed by atoms with Crippen molar-refractivity contribution in [3.05, 3.63) is 77.0 Å². The van der Waals surface area contributed by atoms with Crippen LogP contribution in [0.1, 0.15) is 22.3 Å². The fourth-order valence-corrected chi connectivity index (χ4v) is 2.46. The molecule has 0 atom stereocenters. The highest BCUT2D eigenvalue weighted by Gasteiger charge is 2.02. The topological polar surface area (TPSA) is 62.7 Å². The minimum Gasteiger partial charge on any atom is -0.365 e. The van der Waals surface area contributed by atoms with E-state index in [0.29, 0.717) is 24.9 Å². The molecule has 1 heterocycles. The average molecular weight is 319 g/mol. The molecule has 5 nitrogen and oxygen atoms in total. The third-order valence-corrected chi connectivity index (χ3v) is 3.81. The van der Waals surface area contributed by atoms with Crippen LogP contribution in [-0.2, 0) is 13.1 Å².